The van der Waals surface area contributed by atoms with Crippen molar-refractivity contribution in [3.63, 3.8) is 0 Å². The van der Waals surface area contributed by atoms with Gasteiger partial charge in [0.1, 0.15) is 13.2 Å². The predicted octanol–water partition coefficient (Wildman–Crippen LogP) is 2.44. The second-order valence-corrected chi connectivity index (χ2v) is 7.36. The van der Waals surface area contributed by atoms with Crippen molar-refractivity contribution in [1.29, 1.82) is 0 Å². The zero-order valence-corrected chi connectivity index (χ0v) is 17.8. The van der Waals surface area contributed by atoms with Gasteiger partial charge in [0.25, 0.3) is 0 Å². The van der Waals surface area contributed by atoms with Gasteiger partial charge in [0, 0.05) is 32.7 Å². The van der Waals surface area contributed by atoms with Crippen LogP contribution in [-0.4, -0.2) is 69.5 Å². The third-order valence-electron chi connectivity index (χ3n) is 4.95. The van der Waals surface area contributed by atoms with Gasteiger partial charge >= 0.3 is 6.09 Å². The highest BCUT2D eigenvalue weighted by Crippen LogP contribution is 2.38. The SMILES string of the molecule is CCOC(=O)N1CCC(NC(=NC)NCCc2cc(Cl)c3c(c2)OCCO3)CC1. The molecule has 0 aliphatic carbocycles. The third kappa shape index (κ3) is 5.82. The van der Waals surface area contributed by atoms with Crippen molar-refractivity contribution in [3.05, 3.63) is 22.7 Å². The average molecular weight is 425 g/mol. The lowest BCUT2D eigenvalue weighted by atomic mass is 10.1. The second kappa shape index (κ2) is 10.4. The summed E-state index contributed by atoms with van der Waals surface area (Å²) in [6.07, 6.45) is 2.26. The molecule has 160 valence electrons. The Balaban J connectivity index is 1.43. The number of halogens is 1. The van der Waals surface area contributed by atoms with E-state index in [-0.39, 0.29) is 12.1 Å². The number of carbonyl (C=O) groups excluding carboxylic acids is 1. The van der Waals surface area contributed by atoms with Crippen LogP contribution in [0.15, 0.2) is 17.1 Å². The highest BCUT2D eigenvalue weighted by atomic mass is 35.5. The molecule has 0 bridgehead atoms. The standard InChI is InChI=1S/C20H29ClN4O4/c1-3-27-20(26)25-8-5-15(6-9-25)24-19(22-2)23-7-4-14-12-16(21)18-17(13-14)28-10-11-29-18/h12-13,15H,3-11H2,1-2H3,(H2,22,23,24). The summed E-state index contributed by atoms with van der Waals surface area (Å²) in [6, 6.07) is 4.16. The fourth-order valence-electron chi connectivity index (χ4n) is 3.44. The Kier molecular flexibility index (Phi) is 7.69. The molecule has 1 aromatic rings. The minimum absolute atomic E-state index is 0.230. The fourth-order valence-corrected chi connectivity index (χ4v) is 3.73. The van der Waals surface area contributed by atoms with Gasteiger partial charge in [-0.1, -0.05) is 11.6 Å². The number of hydrogen-bond acceptors (Lipinski definition) is 5. The number of rotatable bonds is 5. The molecule has 8 nitrogen and oxygen atoms in total. The van der Waals surface area contributed by atoms with Crippen molar-refractivity contribution in [2.24, 2.45) is 4.99 Å². The molecule has 0 unspecified atom stereocenters. The average Bonchev–Trinajstić information content (AvgIpc) is 2.73. The van der Waals surface area contributed by atoms with Crippen molar-refractivity contribution in [1.82, 2.24) is 15.5 Å². The molecular formula is C20H29ClN4O4. The van der Waals surface area contributed by atoms with Crippen LogP contribution in [0.25, 0.3) is 0 Å². The van der Waals surface area contributed by atoms with Crippen LogP contribution in [-0.2, 0) is 11.2 Å². The molecule has 0 saturated carbocycles. The van der Waals surface area contributed by atoms with E-state index in [2.05, 4.69) is 15.6 Å². The Bertz CT molecular complexity index is 735. The molecule has 1 amide bonds. The molecule has 1 aromatic carbocycles. The summed E-state index contributed by atoms with van der Waals surface area (Å²) < 4.78 is 16.2. The highest BCUT2D eigenvalue weighted by molar-refractivity contribution is 6.32. The Hall–Kier alpha value is -2.35. The van der Waals surface area contributed by atoms with Crippen LogP contribution < -0.4 is 20.1 Å². The van der Waals surface area contributed by atoms with Crippen molar-refractivity contribution >= 4 is 23.7 Å². The Morgan fingerprint density at radius 1 is 1.31 bits per heavy atom. The molecule has 0 spiro atoms. The number of piperidine rings is 1. The lowest BCUT2D eigenvalue weighted by Gasteiger charge is -2.32. The maximum absolute atomic E-state index is 11.8. The number of amides is 1. The van der Waals surface area contributed by atoms with Gasteiger partial charge in [-0.2, -0.15) is 0 Å². The number of nitrogens with zero attached hydrogens (tertiary/aromatic N) is 2. The maximum atomic E-state index is 11.8. The minimum atomic E-state index is -0.230. The van der Waals surface area contributed by atoms with Crippen LogP contribution in [0.5, 0.6) is 11.5 Å². The van der Waals surface area contributed by atoms with Gasteiger partial charge in [0.15, 0.2) is 17.5 Å². The van der Waals surface area contributed by atoms with E-state index in [9.17, 15) is 4.79 Å². The van der Waals surface area contributed by atoms with E-state index in [1.165, 1.54) is 0 Å². The Morgan fingerprint density at radius 2 is 2.07 bits per heavy atom. The first-order valence-electron chi connectivity index (χ1n) is 10.1. The maximum Gasteiger partial charge on any atom is 0.409 e. The Morgan fingerprint density at radius 3 is 2.79 bits per heavy atom. The molecule has 0 radical (unpaired) electrons. The van der Waals surface area contributed by atoms with Gasteiger partial charge in [-0.3, -0.25) is 4.99 Å². The van der Waals surface area contributed by atoms with Gasteiger partial charge < -0.3 is 29.7 Å². The number of hydrogen-bond donors (Lipinski definition) is 2. The van der Waals surface area contributed by atoms with Crippen LogP contribution in [0, 0.1) is 0 Å². The molecule has 9 heteroatoms. The largest absolute Gasteiger partial charge is 0.486 e. The molecule has 0 atom stereocenters. The summed E-state index contributed by atoms with van der Waals surface area (Å²) in [5.74, 6) is 2.08. The van der Waals surface area contributed by atoms with Gasteiger partial charge in [0.05, 0.1) is 11.6 Å². The van der Waals surface area contributed by atoms with Crippen LogP contribution >= 0.6 is 11.6 Å². The summed E-state index contributed by atoms with van der Waals surface area (Å²) >= 11 is 6.30. The zero-order valence-electron chi connectivity index (χ0n) is 17.0. The second-order valence-electron chi connectivity index (χ2n) is 6.96. The topological polar surface area (TPSA) is 84.4 Å². The van der Waals surface area contributed by atoms with Gasteiger partial charge in [0.2, 0.25) is 0 Å². The lowest BCUT2D eigenvalue weighted by Crippen LogP contribution is -2.50. The number of nitrogens with one attached hydrogen (secondary N) is 2. The van der Waals surface area contributed by atoms with Crippen molar-refractivity contribution in [3.8, 4) is 11.5 Å². The zero-order chi connectivity index (χ0) is 20.6. The third-order valence-corrected chi connectivity index (χ3v) is 5.23. The summed E-state index contributed by atoms with van der Waals surface area (Å²) in [6.45, 7) is 5.36. The van der Waals surface area contributed by atoms with Crippen LogP contribution in [0.4, 0.5) is 4.79 Å². The number of benzene rings is 1. The van der Waals surface area contributed by atoms with Crippen LogP contribution in [0.1, 0.15) is 25.3 Å². The van der Waals surface area contributed by atoms with Crippen molar-refractivity contribution < 1.29 is 19.0 Å². The molecule has 2 N–H and O–H groups in total. The highest BCUT2D eigenvalue weighted by Gasteiger charge is 2.24. The normalized spacial score (nSPS) is 17.1. The van der Waals surface area contributed by atoms with E-state index < -0.39 is 0 Å². The van der Waals surface area contributed by atoms with E-state index in [0.717, 1.165) is 30.8 Å². The summed E-state index contributed by atoms with van der Waals surface area (Å²) in [5.41, 5.74) is 1.07. The van der Waals surface area contributed by atoms with Gasteiger partial charge in [-0.05, 0) is 43.9 Å². The van der Waals surface area contributed by atoms with Crippen LogP contribution in [0.3, 0.4) is 0 Å². The minimum Gasteiger partial charge on any atom is -0.486 e. The van der Waals surface area contributed by atoms with Crippen molar-refractivity contribution in [2.75, 3.05) is 46.5 Å². The first kappa shape index (κ1) is 21.4. The van der Waals surface area contributed by atoms with Crippen molar-refractivity contribution in [2.45, 2.75) is 32.2 Å². The number of aliphatic imine (C=N–C) groups is 1. The van der Waals surface area contributed by atoms with Gasteiger partial charge in [-0.15, -0.1) is 0 Å². The van der Waals surface area contributed by atoms with E-state index in [1.54, 1.807) is 11.9 Å². The number of ether oxygens (including phenoxy) is 3. The number of guanidine groups is 1. The number of likely N-dealkylation sites (tertiary alicyclic amines) is 1. The predicted molar refractivity (Wildman–Crippen MR) is 112 cm³/mol. The number of carbonyl (C=O) groups is 1. The molecule has 3 rings (SSSR count). The van der Waals surface area contributed by atoms with E-state index in [4.69, 9.17) is 25.8 Å². The first-order chi connectivity index (χ1) is 14.1. The van der Waals surface area contributed by atoms with E-state index >= 15 is 0 Å². The molecule has 29 heavy (non-hydrogen) atoms. The molecule has 2 aliphatic heterocycles. The fraction of sp³-hybridized carbons (Fsp3) is 0.600. The molecule has 2 heterocycles. The molecule has 1 fully saturated rings. The number of fused-ring (bicyclic) bond motifs is 1. The quantitative estimate of drug-likeness (QED) is 0.558. The molecular weight excluding hydrogens is 396 g/mol. The molecule has 1 saturated heterocycles. The summed E-state index contributed by atoms with van der Waals surface area (Å²) in [7, 11) is 1.75. The van der Waals surface area contributed by atoms with E-state index in [1.807, 2.05) is 19.1 Å². The summed E-state index contributed by atoms with van der Waals surface area (Å²) in [4.78, 5) is 17.9. The molecule has 2 aliphatic rings. The van der Waals surface area contributed by atoms with E-state index in [0.29, 0.717) is 56.0 Å². The molecule has 0 aromatic heterocycles. The monoisotopic (exact) mass is 424 g/mol. The first-order valence-corrected chi connectivity index (χ1v) is 10.5. The lowest BCUT2D eigenvalue weighted by molar-refractivity contribution is 0.0963. The Labute approximate surface area is 176 Å². The smallest absolute Gasteiger partial charge is 0.409 e. The van der Waals surface area contributed by atoms with Gasteiger partial charge in [-0.25, -0.2) is 4.79 Å². The van der Waals surface area contributed by atoms with Crippen LogP contribution in [0.2, 0.25) is 5.02 Å². The summed E-state index contributed by atoms with van der Waals surface area (Å²) in [5, 5.41) is 7.35.